The molecular weight excluding hydrogens is 380 g/mol. The first kappa shape index (κ1) is 21.7. The van der Waals surface area contributed by atoms with Crippen LogP contribution in [0.3, 0.4) is 0 Å². The number of allylic oxidation sites excluding steroid dienone is 1. The summed E-state index contributed by atoms with van der Waals surface area (Å²) in [4.78, 5) is 4.85. The largest absolute Gasteiger partial charge is 0.388 e. The van der Waals surface area contributed by atoms with Crippen LogP contribution in [0.5, 0.6) is 0 Å². The Labute approximate surface area is 176 Å². The van der Waals surface area contributed by atoms with Crippen molar-refractivity contribution >= 4 is 17.3 Å². The maximum atomic E-state index is 7.85. The number of aromatic nitrogens is 5. The zero-order valence-electron chi connectivity index (χ0n) is 17.7. The quantitative estimate of drug-likeness (QED) is 0.418. The number of nitrogens with two attached hydrogens (primary N) is 1. The third kappa shape index (κ3) is 4.58. The van der Waals surface area contributed by atoms with Crippen LogP contribution in [0, 0.1) is 5.41 Å². The van der Waals surface area contributed by atoms with Gasteiger partial charge in [-0.1, -0.05) is 13.8 Å². The molecular formula is C21H30N8O. The predicted molar refractivity (Wildman–Crippen MR) is 118 cm³/mol. The lowest BCUT2D eigenvalue weighted by molar-refractivity contribution is 0.111. The SMILES string of the molecule is CCC(CC)n1cc(-c2nc(/C(C=N)=C/NCC(CN)OC)cn3nccc23)cn1. The van der Waals surface area contributed by atoms with E-state index in [9.17, 15) is 0 Å². The molecule has 4 N–H and O–H groups in total. The van der Waals surface area contributed by atoms with Gasteiger partial charge in [-0.3, -0.25) is 4.68 Å². The minimum atomic E-state index is -0.0961. The van der Waals surface area contributed by atoms with Crippen LogP contribution in [0.1, 0.15) is 38.4 Å². The Balaban J connectivity index is 1.97. The molecule has 3 heterocycles. The number of methoxy groups -OCH3 is 1. The highest BCUT2D eigenvalue weighted by Gasteiger charge is 2.15. The van der Waals surface area contributed by atoms with Crippen LogP contribution in [0.15, 0.2) is 37.1 Å². The lowest BCUT2D eigenvalue weighted by atomic mass is 10.1. The Morgan fingerprint density at radius 1 is 1.30 bits per heavy atom. The maximum Gasteiger partial charge on any atom is 0.0999 e. The van der Waals surface area contributed by atoms with Crippen molar-refractivity contribution in [2.45, 2.75) is 38.8 Å². The summed E-state index contributed by atoms with van der Waals surface area (Å²) in [6, 6.07) is 2.29. The molecule has 0 aliphatic heterocycles. The smallest absolute Gasteiger partial charge is 0.0999 e. The molecule has 0 fully saturated rings. The molecule has 0 aromatic carbocycles. The van der Waals surface area contributed by atoms with Gasteiger partial charge in [0.25, 0.3) is 0 Å². The van der Waals surface area contributed by atoms with Crippen molar-refractivity contribution in [3.05, 3.63) is 42.7 Å². The van der Waals surface area contributed by atoms with Gasteiger partial charge in [-0.2, -0.15) is 10.2 Å². The third-order valence-corrected chi connectivity index (χ3v) is 5.23. The van der Waals surface area contributed by atoms with Crippen LogP contribution >= 0.6 is 0 Å². The summed E-state index contributed by atoms with van der Waals surface area (Å²) in [5.74, 6) is 0. The van der Waals surface area contributed by atoms with E-state index in [1.807, 2.05) is 29.3 Å². The minimum absolute atomic E-state index is 0.0961. The Bertz CT molecular complexity index is 998. The lowest BCUT2D eigenvalue weighted by Crippen LogP contribution is -2.32. The van der Waals surface area contributed by atoms with Crippen LogP contribution in [-0.2, 0) is 4.74 Å². The second-order valence-electron chi connectivity index (χ2n) is 7.06. The van der Waals surface area contributed by atoms with Crippen LogP contribution in [0.4, 0.5) is 0 Å². The number of fused-ring (bicyclic) bond motifs is 1. The van der Waals surface area contributed by atoms with Crippen molar-refractivity contribution in [1.82, 2.24) is 29.7 Å². The van der Waals surface area contributed by atoms with E-state index in [0.29, 0.717) is 30.4 Å². The van der Waals surface area contributed by atoms with Crippen molar-refractivity contribution in [3.8, 4) is 11.3 Å². The lowest BCUT2D eigenvalue weighted by Gasteiger charge is -2.13. The van der Waals surface area contributed by atoms with Gasteiger partial charge in [-0.05, 0) is 18.9 Å². The fourth-order valence-electron chi connectivity index (χ4n) is 3.35. The van der Waals surface area contributed by atoms with Crippen molar-refractivity contribution in [2.24, 2.45) is 5.73 Å². The van der Waals surface area contributed by atoms with Crippen molar-refractivity contribution in [2.75, 3.05) is 20.2 Å². The topological polar surface area (TPSA) is 119 Å². The highest BCUT2D eigenvalue weighted by Crippen LogP contribution is 2.26. The van der Waals surface area contributed by atoms with Crippen LogP contribution in [0.25, 0.3) is 22.3 Å². The van der Waals surface area contributed by atoms with Gasteiger partial charge in [0.1, 0.15) is 0 Å². The second-order valence-corrected chi connectivity index (χ2v) is 7.06. The molecule has 0 bridgehead atoms. The van der Waals surface area contributed by atoms with Gasteiger partial charge in [0, 0.05) is 49.9 Å². The number of nitrogens with one attached hydrogen (secondary N) is 2. The summed E-state index contributed by atoms with van der Waals surface area (Å²) < 4.78 is 9.05. The first-order valence-corrected chi connectivity index (χ1v) is 10.2. The minimum Gasteiger partial charge on any atom is -0.388 e. The highest BCUT2D eigenvalue weighted by atomic mass is 16.5. The normalized spacial score (nSPS) is 13.2. The van der Waals surface area contributed by atoms with E-state index >= 15 is 0 Å². The fourth-order valence-corrected chi connectivity index (χ4v) is 3.35. The van der Waals surface area contributed by atoms with E-state index in [-0.39, 0.29) is 6.10 Å². The molecule has 0 spiro atoms. The van der Waals surface area contributed by atoms with E-state index in [2.05, 4.69) is 29.4 Å². The summed E-state index contributed by atoms with van der Waals surface area (Å²) in [6.45, 7) is 5.29. The molecule has 160 valence electrons. The molecule has 3 rings (SSSR count). The summed E-state index contributed by atoms with van der Waals surface area (Å²) in [5, 5.41) is 20.0. The van der Waals surface area contributed by atoms with E-state index < -0.39 is 0 Å². The van der Waals surface area contributed by atoms with E-state index in [0.717, 1.165) is 29.6 Å². The molecule has 0 aliphatic carbocycles. The van der Waals surface area contributed by atoms with E-state index in [1.165, 1.54) is 6.21 Å². The van der Waals surface area contributed by atoms with Crippen molar-refractivity contribution < 1.29 is 4.74 Å². The molecule has 0 radical (unpaired) electrons. The van der Waals surface area contributed by atoms with Gasteiger partial charge in [0.15, 0.2) is 0 Å². The number of nitrogens with zero attached hydrogens (tertiary/aromatic N) is 5. The van der Waals surface area contributed by atoms with Gasteiger partial charge < -0.3 is 21.2 Å². The highest BCUT2D eigenvalue weighted by molar-refractivity contribution is 6.07. The van der Waals surface area contributed by atoms with Crippen molar-refractivity contribution in [3.63, 3.8) is 0 Å². The summed E-state index contributed by atoms with van der Waals surface area (Å²) >= 11 is 0. The number of hydrogen-bond acceptors (Lipinski definition) is 7. The molecule has 0 aliphatic rings. The summed E-state index contributed by atoms with van der Waals surface area (Å²) in [6.07, 6.45) is 12.4. The molecule has 3 aromatic rings. The summed E-state index contributed by atoms with van der Waals surface area (Å²) in [5.41, 5.74) is 9.53. The van der Waals surface area contributed by atoms with Gasteiger partial charge >= 0.3 is 0 Å². The fraction of sp³-hybridized carbons (Fsp3) is 0.429. The molecule has 3 aromatic heterocycles. The third-order valence-electron chi connectivity index (χ3n) is 5.23. The van der Waals surface area contributed by atoms with Gasteiger partial charge in [-0.15, -0.1) is 0 Å². The zero-order chi connectivity index (χ0) is 21.5. The van der Waals surface area contributed by atoms with Gasteiger partial charge in [0.05, 0.1) is 47.6 Å². The van der Waals surface area contributed by atoms with Crippen LogP contribution < -0.4 is 11.1 Å². The average molecular weight is 411 g/mol. The number of rotatable bonds is 11. The monoisotopic (exact) mass is 410 g/mol. The molecule has 1 unspecified atom stereocenters. The standard InChI is InChI=1S/C21H30N8O/c1-4-17(5-2)28-13-16(11-26-28)21-20-6-7-25-29(20)14-19(27-21)15(8-22)10-24-12-18(9-23)30-3/h6-8,10-11,13-14,17-18,22,24H,4-5,9,12,23H2,1-3H3/b15-10+,22-8?. The molecule has 9 heteroatoms. The van der Waals surface area contributed by atoms with Gasteiger partial charge in [0.2, 0.25) is 0 Å². The molecule has 0 saturated carbocycles. The van der Waals surface area contributed by atoms with E-state index in [1.54, 1.807) is 24.0 Å². The Morgan fingerprint density at radius 2 is 2.10 bits per heavy atom. The maximum absolute atomic E-state index is 7.85. The second kappa shape index (κ2) is 10.1. The molecule has 0 amide bonds. The van der Waals surface area contributed by atoms with Crippen LogP contribution in [-0.4, -0.2) is 56.9 Å². The molecule has 0 saturated heterocycles. The van der Waals surface area contributed by atoms with E-state index in [4.69, 9.17) is 20.9 Å². The first-order chi connectivity index (χ1) is 14.6. The predicted octanol–water partition coefficient (Wildman–Crippen LogP) is 2.51. The average Bonchev–Trinajstić information content (AvgIpc) is 3.44. The molecule has 30 heavy (non-hydrogen) atoms. The first-order valence-electron chi connectivity index (χ1n) is 10.2. The molecule has 9 nitrogen and oxygen atoms in total. The summed E-state index contributed by atoms with van der Waals surface area (Å²) in [7, 11) is 1.63. The zero-order valence-corrected chi connectivity index (χ0v) is 17.7. The Kier molecular flexibility index (Phi) is 7.31. The Hall–Kier alpha value is -3.04. The van der Waals surface area contributed by atoms with Gasteiger partial charge in [-0.25, -0.2) is 9.50 Å². The number of hydrogen-bond donors (Lipinski definition) is 3. The van der Waals surface area contributed by atoms with Crippen LogP contribution in [0.2, 0.25) is 0 Å². The Morgan fingerprint density at radius 3 is 2.77 bits per heavy atom. The molecule has 1 atom stereocenters. The van der Waals surface area contributed by atoms with Crippen molar-refractivity contribution in [1.29, 1.82) is 5.41 Å². The number of ether oxygens (including phenoxy) is 1.